The van der Waals surface area contributed by atoms with Crippen molar-refractivity contribution in [3.05, 3.63) is 23.9 Å². The van der Waals surface area contributed by atoms with Crippen molar-refractivity contribution in [1.82, 2.24) is 20.2 Å². The number of aromatic nitrogens is 2. The minimum atomic E-state index is -4.49. The normalized spacial score (nSPS) is 28.5. The molecule has 2 aliphatic heterocycles. The summed E-state index contributed by atoms with van der Waals surface area (Å²) in [5.41, 5.74) is 0.692. The number of nitrogens with zero attached hydrogens (tertiary/aromatic N) is 3. The van der Waals surface area contributed by atoms with Crippen molar-refractivity contribution in [2.24, 2.45) is 17.3 Å². The van der Waals surface area contributed by atoms with E-state index < -0.39 is 54.3 Å². The first kappa shape index (κ1) is 31.8. The minimum absolute atomic E-state index is 0.00563. The molecule has 1 saturated carbocycles. The Morgan fingerprint density at radius 3 is 2.55 bits per heavy atom. The molecule has 0 unspecified atom stereocenters. The van der Waals surface area contributed by atoms with Crippen LogP contribution in [-0.2, 0) is 20.7 Å². The molecule has 6 atom stereocenters. The molecule has 2 bridgehead atoms. The number of rotatable bonds is 3. The molecule has 1 saturated heterocycles. The molecule has 3 aliphatic rings. The Kier molecular flexibility index (Phi) is 8.95. The highest BCUT2D eigenvalue weighted by Gasteiger charge is 2.48. The van der Waals surface area contributed by atoms with Crippen LogP contribution in [0.5, 0.6) is 11.6 Å². The number of alkyl carbamates (subject to hydrolysis) is 1. The summed E-state index contributed by atoms with van der Waals surface area (Å²) in [5, 5.41) is 2.76. The average Bonchev–Trinajstić information content (AvgIpc) is 3.60. The van der Waals surface area contributed by atoms with E-state index in [4.69, 9.17) is 19.2 Å². The van der Waals surface area contributed by atoms with Gasteiger partial charge in [-0.25, -0.2) is 14.8 Å². The second-order valence-corrected chi connectivity index (χ2v) is 13.1. The third-order valence-corrected chi connectivity index (χ3v) is 8.60. The van der Waals surface area contributed by atoms with Gasteiger partial charge in [-0.3, -0.25) is 4.79 Å². The van der Waals surface area contributed by atoms with E-state index in [-0.39, 0.29) is 30.2 Å². The van der Waals surface area contributed by atoms with Crippen molar-refractivity contribution in [2.75, 3.05) is 13.2 Å². The predicted octanol–water partition coefficient (Wildman–Crippen LogP) is 5.01. The fourth-order valence-corrected chi connectivity index (χ4v) is 5.92. The zero-order valence-electron chi connectivity index (χ0n) is 25.4. The van der Waals surface area contributed by atoms with E-state index >= 15 is 0 Å². The maximum Gasteiger partial charge on any atom is 0.422 e. The van der Waals surface area contributed by atoms with Crippen molar-refractivity contribution >= 4 is 29.3 Å². The lowest BCUT2D eigenvalue weighted by molar-refractivity contribution is -0.153. The van der Waals surface area contributed by atoms with Gasteiger partial charge in [-0.1, -0.05) is 40.5 Å². The van der Waals surface area contributed by atoms with Crippen LogP contribution in [0.1, 0.15) is 65.5 Å². The number of halogens is 3. The number of hydrogen-bond acceptors (Lipinski definition) is 8. The number of aldehydes is 1. The summed E-state index contributed by atoms with van der Waals surface area (Å²) in [5.74, 6) is -0.372. The summed E-state index contributed by atoms with van der Waals surface area (Å²) in [6.07, 6.45) is -0.393. The van der Waals surface area contributed by atoms with E-state index in [0.717, 1.165) is 32.1 Å². The Bertz CT molecular complexity index is 1400. The number of fused-ring (bicyclic) bond motifs is 5. The number of amides is 2. The number of aryl methyl sites for hydroxylation is 1. The van der Waals surface area contributed by atoms with Gasteiger partial charge in [0.2, 0.25) is 11.8 Å². The van der Waals surface area contributed by atoms with Gasteiger partial charge in [0.05, 0.1) is 23.6 Å². The number of ether oxygens (including phenoxy) is 3. The van der Waals surface area contributed by atoms with Crippen molar-refractivity contribution in [3.63, 3.8) is 0 Å². The van der Waals surface area contributed by atoms with E-state index in [9.17, 15) is 27.6 Å². The van der Waals surface area contributed by atoms with Crippen molar-refractivity contribution in [3.8, 4) is 11.6 Å². The number of carbonyl (C=O) groups is 3. The standard InChI is InChI=1S/C31H39F3N4O6/c1-17-23(15-39)38-14-25(17)43-27-21(35-20-11-10-19(13-22(20)36-27)42-16-31(32,33)34)9-7-5-6-8-18-12-24(18)44-29(41)37-26(28(38)40)30(2,3)4/h10-11,13,15,17-18,23-26H,5-9,12,14,16H2,1-4H3,(H,37,41)/t17-,18+,23+,24+,25-,26+/m0/s1. The smallest absolute Gasteiger partial charge is 0.422 e. The summed E-state index contributed by atoms with van der Waals surface area (Å²) in [6.45, 7) is 5.91. The van der Waals surface area contributed by atoms with Gasteiger partial charge < -0.3 is 29.2 Å². The maximum absolute atomic E-state index is 13.9. The molecule has 0 radical (unpaired) electrons. The Hall–Kier alpha value is -3.64. The molecule has 5 rings (SSSR count). The largest absolute Gasteiger partial charge is 0.484 e. The average molecular weight is 621 g/mol. The van der Waals surface area contributed by atoms with E-state index in [1.54, 1.807) is 13.0 Å². The van der Waals surface area contributed by atoms with Crippen molar-refractivity contribution in [1.29, 1.82) is 0 Å². The van der Waals surface area contributed by atoms with Crippen LogP contribution in [0.3, 0.4) is 0 Å². The topological polar surface area (TPSA) is 120 Å². The molecule has 0 spiro atoms. The van der Waals surface area contributed by atoms with Crippen LogP contribution in [-0.4, -0.2) is 76.8 Å². The summed E-state index contributed by atoms with van der Waals surface area (Å²) in [4.78, 5) is 49.8. The first-order chi connectivity index (χ1) is 20.7. The quantitative estimate of drug-likeness (QED) is 0.476. The Morgan fingerprint density at radius 2 is 1.84 bits per heavy atom. The van der Waals surface area contributed by atoms with Gasteiger partial charge >= 0.3 is 12.3 Å². The number of benzene rings is 1. The maximum atomic E-state index is 13.9. The first-order valence-corrected chi connectivity index (χ1v) is 15.1. The lowest BCUT2D eigenvalue weighted by atomic mass is 9.85. The molecule has 240 valence electrons. The number of hydrogen-bond donors (Lipinski definition) is 1. The van der Waals surface area contributed by atoms with Gasteiger partial charge in [0, 0.05) is 12.0 Å². The molecule has 1 aromatic carbocycles. The predicted molar refractivity (Wildman–Crippen MR) is 153 cm³/mol. The molecule has 2 fully saturated rings. The third kappa shape index (κ3) is 7.35. The zero-order valence-corrected chi connectivity index (χ0v) is 25.4. The molecular formula is C31H39F3N4O6. The second kappa shape index (κ2) is 12.4. The van der Waals surface area contributed by atoms with Crippen LogP contribution in [0, 0.1) is 17.3 Å². The molecule has 44 heavy (non-hydrogen) atoms. The summed E-state index contributed by atoms with van der Waals surface area (Å²) < 4.78 is 55.1. The van der Waals surface area contributed by atoms with Gasteiger partial charge in [-0.05, 0) is 49.1 Å². The highest BCUT2D eigenvalue weighted by molar-refractivity contribution is 5.89. The fraction of sp³-hybridized carbons (Fsp3) is 0.645. The SMILES string of the molecule is C[C@@H]1[C@@H]2CN(C(=O)[C@H](C(C)(C)C)NC(=O)O[C@@H]3C[C@H]3CCCCCc3nc4ccc(OCC(F)(F)F)cc4nc3O2)[C@@H]1C=O. The summed E-state index contributed by atoms with van der Waals surface area (Å²) in [7, 11) is 0. The monoisotopic (exact) mass is 620 g/mol. The minimum Gasteiger partial charge on any atom is -0.484 e. The lowest BCUT2D eigenvalue weighted by Gasteiger charge is -2.34. The number of carbonyl (C=O) groups excluding carboxylic acids is 3. The van der Waals surface area contributed by atoms with E-state index in [2.05, 4.69) is 10.3 Å². The van der Waals surface area contributed by atoms with E-state index in [1.165, 1.54) is 17.0 Å². The zero-order chi connectivity index (χ0) is 31.8. The Labute approximate surface area is 254 Å². The summed E-state index contributed by atoms with van der Waals surface area (Å²) in [6, 6.07) is 2.60. The van der Waals surface area contributed by atoms with Gasteiger partial charge in [-0.2, -0.15) is 13.2 Å². The molecule has 1 aliphatic carbocycles. The van der Waals surface area contributed by atoms with Crippen LogP contribution < -0.4 is 14.8 Å². The van der Waals surface area contributed by atoms with Crippen LogP contribution in [0.15, 0.2) is 18.2 Å². The van der Waals surface area contributed by atoms with Gasteiger partial charge in [0.15, 0.2) is 6.61 Å². The molecule has 10 nitrogen and oxygen atoms in total. The molecule has 1 N–H and O–H groups in total. The highest BCUT2D eigenvalue weighted by Crippen LogP contribution is 2.39. The van der Waals surface area contributed by atoms with Gasteiger partial charge in [-0.15, -0.1) is 0 Å². The second-order valence-electron chi connectivity index (χ2n) is 13.1. The van der Waals surface area contributed by atoms with Crippen molar-refractivity contribution < 1.29 is 41.8 Å². The third-order valence-electron chi connectivity index (χ3n) is 8.60. The van der Waals surface area contributed by atoms with Crippen LogP contribution in [0.2, 0.25) is 0 Å². The molecular weight excluding hydrogens is 581 g/mol. The molecule has 2 aromatic rings. The van der Waals surface area contributed by atoms with E-state index in [0.29, 0.717) is 29.4 Å². The highest BCUT2D eigenvalue weighted by atomic mass is 19.4. The van der Waals surface area contributed by atoms with Crippen molar-refractivity contribution in [2.45, 2.75) is 96.7 Å². The summed E-state index contributed by atoms with van der Waals surface area (Å²) >= 11 is 0. The molecule has 2 amide bonds. The molecule has 3 heterocycles. The Morgan fingerprint density at radius 1 is 1.07 bits per heavy atom. The Balaban J connectivity index is 1.47. The van der Waals surface area contributed by atoms with Gasteiger partial charge in [0.25, 0.3) is 0 Å². The number of alkyl halides is 3. The van der Waals surface area contributed by atoms with E-state index in [1.807, 2.05) is 20.8 Å². The molecule has 1 aromatic heterocycles. The number of nitrogens with one attached hydrogen (secondary N) is 1. The molecule has 13 heteroatoms. The van der Waals surface area contributed by atoms with Crippen LogP contribution >= 0.6 is 0 Å². The first-order valence-electron chi connectivity index (χ1n) is 15.1. The van der Waals surface area contributed by atoms with Crippen LogP contribution in [0.4, 0.5) is 18.0 Å². The van der Waals surface area contributed by atoms with Crippen LogP contribution in [0.25, 0.3) is 11.0 Å². The lowest BCUT2D eigenvalue weighted by Crippen LogP contribution is -2.56. The fourth-order valence-electron chi connectivity index (χ4n) is 5.92. The van der Waals surface area contributed by atoms with Gasteiger partial charge in [0.1, 0.15) is 36.0 Å².